The molecule has 3 aromatic rings. The Morgan fingerprint density at radius 1 is 1.29 bits per heavy atom. The zero-order valence-corrected chi connectivity index (χ0v) is 17.9. The Bertz CT molecular complexity index is 1020. The Morgan fingerprint density at radius 3 is 2.94 bits per heavy atom. The van der Waals surface area contributed by atoms with Gasteiger partial charge in [0.1, 0.15) is 17.6 Å². The number of benzene rings is 2. The fourth-order valence-electron chi connectivity index (χ4n) is 3.84. The average Bonchev–Trinajstić information content (AvgIpc) is 3.19. The fraction of sp³-hybridized carbons (Fsp3) is 0.333. The molecule has 2 N–H and O–H groups in total. The molecule has 1 aliphatic rings. The van der Waals surface area contributed by atoms with E-state index in [1.165, 1.54) is 0 Å². The third-order valence-corrected chi connectivity index (χ3v) is 5.42. The van der Waals surface area contributed by atoms with Crippen molar-refractivity contribution in [1.82, 2.24) is 20.4 Å². The highest BCUT2D eigenvalue weighted by molar-refractivity contribution is 5.76. The van der Waals surface area contributed by atoms with Crippen LogP contribution in [0.4, 0.5) is 0 Å². The fourth-order valence-corrected chi connectivity index (χ4v) is 3.84. The number of ether oxygens (including phenoxy) is 2. The number of nitrogens with one attached hydrogen (secondary N) is 2. The molecule has 4 rings (SSSR count). The number of hydrogen-bond acceptors (Lipinski definition) is 5. The minimum Gasteiger partial charge on any atom is -0.497 e. The summed E-state index contributed by atoms with van der Waals surface area (Å²) in [7, 11) is 1.65. The maximum absolute atomic E-state index is 12.5. The number of rotatable bonds is 7. The molecule has 1 amide bonds. The van der Waals surface area contributed by atoms with Crippen molar-refractivity contribution in [2.75, 3.05) is 20.2 Å². The molecule has 2 heterocycles. The number of H-pyrrole nitrogens is 1. The number of carbonyl (C=O) groups is 1. The Morgan fingerprint density at radius 2 is 2.13 bits per heavy atom. The largest absolute Gasteiger partial charge is 0.497 e. The van der Waals surface area contributed by atoms with E-state index < -0.39 is 0 Å². The van der Waals surface area contributed by atoms with Gasteiger partial charge >= 0.3 is 0 Å². The van der Waals surface area contributed by atoms with E-state index in [1.807, 2.05) is 55.5 Å². The van der Waals surface area contributed by atoms with Crippen LogP contribution in [0.2, 0.25) is 0 Å². The van der Waals surface area contributed by atoms with Crippen LogP contribution in [0.25, 0.3) is 11.3 Å². The predicted molar refractivity (Wildman–Crippen MR) is 119 cm³/mol. The molecule has 0 spiro atoms. The van der Waals surface area contributed by atoms with Crippen molar-refractivity contribution >= 4 is 5.91 Å². The van der Waals surface area contributed by atoms with E-state index in [1.54, 1.807) is 13.3 Å². The minimum absolute atomic E-state index is 0.0213. The molecule has 0 aliphatic carbocycles. The van der Waals surface area contributed by atoms with Crippen molar-refractivity contribution in [2.24, 2.45) is 0 Å². The molecular formula is C24H28N4O3. The lowest BCUT2D eigenvalue weighted by molar-refractivity contribution is -0.121. The highest BCUT2D eigenvalue weighted by Crippen LogP contribution is 2.29. The molecule has 0 bridgehead atoms. The maximum atomic E-state index is 12.5. The molecule has 1 aliphatic heterocycles. The van der Waals surface area contributed by atoms with Gasteiger partial charge in [0.2, 0.25) is 5.91 Å². The zero-order valence-electron chi connectivity index (χ0n) is 17.9. The van der Waals surface area contributed by atoms with Crippen LogP contribution in [0.15, 0.2) is 54.7 Å². The number of amides is 1. The van der Waals surface area contributed by atoms with E-state index in [9.17, 15) is 4.79 Å². The van der Waals surface area contributed by atoms with Crippen LogP contribution in [0.3, 0.4) is 0 Å². The topological polar surface area (TPSA) is 79.5 Å². The molecule has 1 atom stereocenters. The standard InChI is InChI=1S/C24H28N4O3/c1-17-15-28(16-19-8-9-21(30-2)12-22(19)31-17)11-10-23(29)25-13-20-14-26-27-24(20)18-6-4-3-5-7-18/h3-9,12,14,17H,10-11,13,15-16H2,1-2H3,(H,25,29)(H,26,27). The molecule has 0 radical (unpaired) electrons. The van der Waals surface area contributed by atoms with Crippen LogP contribution in [-0.4, -0.2) is 47.3 Å². The van der Waals surface area contributed by atoms with Crippen LogP contribution >= 0.6 is 0 Å². The van der Waals surface area contributed by atoms with Crippen molar-refractivity contribution in [3.8, 4) is 22.8 Å². The van der Waals surface area contributed by atoms with E-state index in [0.717, 1.165) is 47.0 Å². The van der Waals surface area contributed by atoms with Crippen LogP contribution in [0.1, 0.15) is 24.5 Å². The smallest absolute Gasteiger partial charge is 0.221 e. The maximum Gasteiger partial charge on any atom is 0.221 e. The minimum atomic E-state index is 0.0213. The first-order valence-electron chi connectivity index (χ1n) is 10.5. The van der Waals surface area contributed by atoms with Gasteiger partial charge in [-0.25, -0.2) is 0 Å². The van der Waals surface area contributed by atoms with Crippen molar-refractivity contribution in [3.05, 3.63) is 65.9 Å². The predicted octanol–water partition coefficient (Wildman–Crippen LogP) is 3.37. The third kappa shape index (κ3) is 5.24. The van der Waals surface area contributed by atoms with Crippen molar-refractivity contribution in [2.45, 2.75) is 32.5 Å². The number of methoxy groups -OCH3 is 1. The molecule has 7 heteroatoms. The summed E-state index contributed by atoms with van der Waals surface area (Å²) in [4.78, 5) is 14.8. The van der Waals surface area contributed by atoms with Gasteiger partial charge < -0.3 is 14.8 Å². The van der Waals surface area contributed by atoms with E-state index in [2.05, 4.69) is 20.4 Å². The van der Waals surface area contributed by atoms with Gasteiger partial charge in [0.25, 0.3) is 0 Å². The van der Waals surface area contributed by atoms with Gasteiger partial charge in [-0.1, -0.05) is 36.4 Å². The first-order valence-corrected chi connectivity index (χ1v) is 10.5. The summed E-state index contributed by atoms with van der Waals surface area (Å²) in [6, 6.07) is 15.9. The Balaban J connectivity index is 1.31. The average molecular weight is 421 g/mol. The second-order valence-corrected chi connectivity index (χ2v) is 7.80. The van der Waals surface area contributed by atoms with Gasteiger partial charge in [-0.2, -0.15) is 5.10 Å². The summed E-state index contributed by atoms with van der Waals surface area (Å²) in [6.07, 6.45) is 2.23. The summed E-state index contributed by atoms with van der Waals surface area (Å²) >= 11 is 0. The number of nitrogens with zero attached hydrogens (tertiary/aromatic N) is 2. The van der Waals surface area contributed by atoms with E-state index in [0.29, 0.717) is 19.5 Å². The van der Waals surface area contributed by atoms with Gasteiger partial charge in [-0.05, 0) is 18.6 Å². The lowest BCUT2D eigenvalue weighted by atomic mass is 10.1. The SMILES string of the molecule is COc1ccc2c(c1)OC(C)CN(CCC(=O)NCc1cn[nH]c1-c1ccccc1)C2. The molecule has 2 aromatic carbocycles. The number of hydrogen-bond donors (Lipinski definition) is 2. The van der Waals surface area contributed by atoms with Crippen LogP contribution < -0.4 is 14.8 Å². The lowest BCUT2D eigenvalue weighted by Gasteiger charge is -2.21. The van der Waals surface area contributed by atoms with Gasteiger partial charge in [-0.15, -0.1) is 0 Å². The number of aromatic amines is 1. The van der Waals surface area contributed by atoms with E-state index in [-0.39, 0.29) is 12.0 Å². The molecule has 1 aromatic heterocycles. The molecule has 1 unspecified atom stereocenters. The molecule has 0 fully saturated rings. The highest BCUT2D eigenvalue weighted by Gasteiger charge is 2.21. The normalized spacial score (nSPS) is 16.1. The second-order valence-electron chi connectivity index (χ2n) is 7.80. The summed E-state index contributed by atoms with van der Waals surface area (Å²) < 4.78 is 11.4. The summed E-state index contributed by atoms with van der Waals surface area (Å²) in [5.41, 5.74) is 4.07. The molecule has 162 valence electrons. The molecule has 0 saturated carbocycles. The van der Waals surface area contributed by atoms with Crippen LogP contribution in [-0.2, 0) is 17.9 Å². The molecular weight excluding hydrogens is 392 g/mol. The number of fused-ring (bicyclic) bond motifs is 1. The van der Waals surface area contributed by atoms with Gasteiger partial charge in [0.15, 0.2) is 0 Å². The monoisotopic (exact) mass is 420 g/mol. The quantitative estimate of drug-likeness (QED) is 0.613. The van der Waals surface area contributed by atoms with Gasteiger partial charge in [0, 0.05) is 49.8 Å². The first-order chi connectivity index (χ1) is 15.1. The van der Waals surface area contributed by atoms with E-state index in [4.69, 9.17) is 9.47 Å². The van der Waals surface area contributed by atoms with Gasteiger partial charge in [0.05, 0.1) is 19.0 Å². The summed E-state index contributed by atoms with van der Waals surface area (Å²) in [6.45, 7) is 4.68. The van der Waals surface area contributed by atoms with Crippen LogP contribution in [0.5, 0.6) is 11.5 Å². The van der Waals surface area contributed by atoms with Gasteiger partial charge in [-0.3, -0.25) is 14.8 Å². The lowest BCUT2D eigenvalue weighted by Crippen LogP contribution is -2.34. The number of aromatic nitrogens is 2. The third-order valence-electron chi connectivity index (χ3n) is 5.42. The molecule has 7 nitrogen and oxygen atoms in total. The van der Waals surface area contributed by atoms with Crippen molar-refractivity contribution < 1.29 is 14.3 Å². The van der Waals surface area contributed by atoms with Crippen LogP contribution in [0, 0.1) is 0 Å². The summed E-state index contributed by atoms with van der Waals surface area (Å²) in [5.74, 6) is 1.66. The highest BCUT2D eigenvalue weighted by atomic mass is 16.5. The first kappa shape index (κ1) is 20.9. The second kappa shape index (κ2) is 9.66. The van der Waals surface area contributed by atoms with Crippen molar-refractivity contribution in [1.29, 1.82) is 0 Å². The van der Waals surface area contributed by atoms with Crippen molar-refractivity contribution in [3.63, 3.8) is 0 Å². The Hall–Kier alpha value is -3.32. The molecule has 31 heavy (non-hydrogen) atoms. The number of carbonyl (C=O) groups excluding carboxylic acids is 1. The zero-order chi connectivity index (χ0) is 21.6. The Labute approximate surface area is 182 Å². The Kier molecular flexibility index (Phi) is 6.52. The summed E-state index contributed by atoms with van der Waals surface area (Å²) in [5, 5.41) is 10.2. The molecule has 0 saturated heterocycles. The van der Waals surface area contributed by atoms with E-state index >= 15 is 0 Å².